The van der Waals surface area contributed by atoms with E-state index in [2.05, 4.69) is 29.4 Å². The summed E-state index contributed by atoms with van der Waals surface area (Å²) in [7, 11) is 0. The maximum atomic E-state index is 12.9. The molecule has 1 fully saturated rings. The molecule has 3 N–H and O–H groups in total. The number of carbonyl (C=O) groups is 2. The molecule has 2 aromatic carbocycles. The number of amides is 2. The Bertz CT molecular complexity index is 959. The lowest BCUT2D eigenvalue weighted by Gasteiger charge is -2.40. The minimum atomic E-state index is -0.828. The molecule has 7 heteroatoms. The molecule has 2 amide bonds. The maximum Gasteiger partial charge on any atom is 0.323 e. The van der Waals surface area contributed by atoms with Gasteiger partial charge in [-0.3, -0.25) is 4.79 Å². The number of carbonyl (C=O) groups excluding carboxylic acids is 1. The van der Waals surface area contributed by atoms with Gasteiger partial charge in [0, 0.05) is 12.2 Å². The lowest BCUT2D eigenvalue weighted by atomic mass is 9.92. The Balaban J connectivity index is 1.93. The quantitative estimate of drug-likeness (QED) is 0.493. The highest BCUT2D eigenvalue weighted by Gasteiger charge is 2.28. The monoisotopic (exact) mass is 453 g/mol. The van der Waals surface area contributed by atoms with E-state index in [9.17, 15) is 14.7 Å². The van der Waals surface area contributed by atoms with Crippen LogP contribution in [-0.4, -0.2) is 42.9 Å². The number of ether oxygens (including phenoxy) is 1. The van der Waals surface area contributed by atoms with Crippen molar-refractivity contribution in [3.63, 3.8) is 0 Å². The van der Waals surface area contributed by atoms with Crippen LogP contribution in [-0.2, 0) is 9.53 Å². The largest absolute Gasteiger partial charge is 0.481 e. The van der Waals surface area contributed by atoms with E-state index in [4.69, 9.17) is 4.74 Å². The fourth-order valence-corrected chi connectivity index (χ4v) is 4.26. The topological polar surface area (TPSA) is 90.9 Å². The lowest BCUT2D eigenvalue weighted by Crippen LogP contribution is -2.48. The second-order valence-corrected chi connectivity index (χ2v) is 9.00. The molecule has 1 aliphatic rings. The van der Waals surface area contributed by atoms with Crippen molar-refractivity contribution in [2.45, 2.75) is 52.5 Å². The molecule has 2 aromatic rings. The molecule has 1 heterocycles. The molecule has 0 spiro atoms. The van der Waals surface area contributed by atoms with E-state index in [0.29, 0.717) is 36.9 Å². The van der Waals surface area contributed by atoms with Crippen LogP contribution in [0.3, 0.4) is 0 Å². The van der Waals surface area contributed by atoms with Crippen molar-refractivity contribution in [3.8, 4) is 0 Å². The molecule has 3 rings (SSSR count). The van der Waals surface area contributed by atoms with Gasteiger partial charge in [-0.05, 0) is 55.0 Å². The van der Waals surface area contributed by atoms with Gasteiger partial charge in [-0.2, -0.15) is 0 Å². The maximum absolute atomic E-state index is 12.9. The molecule has 1 saturated heterocycles. The van der Waals surface area contributed by atoms with Gasteiger partial charge in [-0.15, -0.1) is 0 Å². The predicted molar refractivity (Wildman–Crippen MR) is 132 cm³/mol. The van der Waals surface area contributed by atoms with Gasteiger partial charge in [0.2, 0.25) is 0 Å². The summed E-state index contributed by atoms with van der Waals surface area (Å²) in [5, 5.41) is 15.2. The highest BCUT2D eigenvalue weighted by atomic mass is 16.5. The van der Waals surface area contributed by atoms with Gasteiger partial charge in [0.05, 0.1) is 37.1 Å². The number of nitrogens with zero attached hydrogens (tertiary/aromatic N) is 1. The SMILES string of the molecule is CCC(CC(=O)O)c1ccc(N2CCOC[C@H]2C(C)C)c(NC(=O)Nc2ccc(C)cc2)c1. The van der Waals surface area contributed by atoms with Crippen LogP contribution in [0.2, 0.25) is 0 Å². The predicted octanol–water partition coefficient (Wildman–Crippen LogP) is 5.47. The van der Waals surface area contributed by atoms with E-state index in [0.717, 1.165) is 23.4 Å². The normalized spacial score (nSPS) is 17.0. The summed E-state index contributed by atoms with van der Waals surface area (Å²) in [6.07, 6.45) is 0.754. The molecule has 0 bridgehead atoms. The third kappa shape index (κ3) is 6.48. The zero-order chi connectivity index (χ0) is 24.0. The van der Waals surface area contributed by atoms with Crippen molar-refractivity contribution in [2.24, 2.45) is 5.92 Å². The lowest BCUT2D eigenvalue weighted by molar-refractivity contribution is -0.137. The number of benzene rings is 2. The van der Waals surface area contributed by atoms with Crippen LogP contribution >= 0.6 is 0 Å². The van der Waals surface area contributed by atoms with E-state index in [1.54, 1.807) is 0 Å². The van der Waals surface area contributed by atoms with E-state index < -0.39 is 5.97 Å². The molecular formula is C26H35N3O4. The van der Waals surface area contributed by atoms with Crippen molar-refractivity contribution < 1.29 is 19.4 Å². The molecule has 0 radical (unpaired) electrons. The molecule has 7 nitrogen and oxygen atoms in total. The van der Waals surface area contributed by atoms with Gasteiger partial charge in [-0.1, -0.05) is 44.5 Å². The Kier molecular flexibility index (Phi) is 8.33. The van der Waals surface area contributed by atoms with Crippen molar-refractivity contribution in [3.05, 3.63) is 53.6 Å². The van der Waals surface area contributed by atoms with Gasteiger partial charge in [0.1, 0.15) is 0 Å². The number of carboxylic acids is 1. The molecular weight excluding hydrogens is 418 g/mol. The first kappa shape index (κ1) is 24.6. The fourth-order valence-electron chi connectivity index (χ4n) is 4.26. The minimum Gasteiger partial charge on any atom is -0.481 e. The van der Waals surface area contributed by atoms with Crippen LogP contribution < -0.4 is 15.5 Å². The van der Waals surface area contributed by atoms with Crippen LogP contribution in [0.25, 0.3) is 0 Å². The van der Waals surface area contributed by atoms with Crippen molar-refractivity contribution in [2.75, 3.05) is 35.3 Å². The van der Waals surface area contributed by atoms with Crippen LogP contribution in [0.5, 0.6) is 0 Å². The first-order chi connectivity index (χ1) is 15.8. The number of anilines is 3. The number of urea groups is 1. The number of morpholine rings is 1. The standard InChI is InChI=1S/C26H35N3O4/c1-5-19(15-25(30)31)20-8-11-23(29-12-13-33-16-24(29)17(2)3)22(14-20)28-26(32)27-21-9-6-18(4)7-10-21/h6-11,14,17,19,24H,5,12-13,15-16H2,1-4H3,(H,30,31)(H2,27,28,32)/t19?,24-/m0/s1. The average Bonchev–Trinajstić information content (AvgIpc) is 2.78. The summed E-state index contributed by atoms with van der Waals surface area (Å²) < 4.78 is 5.72. The van der Waals surface area contributed by atoms with Gasteiger partial charge < -0.3 is 25.4 Å². The van der Waals surface area contributed by atoms with Crippen LogP contribution in [0.1, 0.15) is 50.7 Å². The molecule has 178 valence electrons. The van der Waals surface area contributed by atoms with Crippen molar-refractivity contribution in [1.82, 2.24) is 0 Å². The first-order valence-electron chi connectivity index (χ1n) is 11.6. The van der Waals surface area contributed by atoms with Crippen LogP contribution in [0.4, 0.5) is 21.9 Å². The second-order valence-electron chi connectivity index (χ2n) is 9.00. The average molecular weight is 454 g/mol. The number of hydrogen-bond acceptors (Lipinski definition) is 4. The zero-order valence-electron chi connectivity index (χ0n) is 19.9. The molecule has 0 saturated carbocycles. The smallest absolute Gasteiger partial charge is 0.323 e. The summed E-state index contributed by atoms with van der Waals surface area (Å²) in [5.41, 5.74) is 4.33. The fraction of sp³-hybridized carbons (Fsp3) is 0.462. The van der Waals surface area contributed by atoms with Gasteiger partial charge in [-0.25, -0.2) is 4.79 Å². The molecule has 2 atom stereocenters. The van der Waals surface area contributed by atoms with Crippen LogP contribution in [0, 0.1) is 12.8 Å². The summed E-state index contributed by atoms with van der Waals surface area (Å²) in [4.78, 5) is 26.5. The molecule has 1 unspecified atom stereocenters. The third-order valence-electron chi connectivity index (χ3n) is 6.21. The first-order valence-corrected chi connectivity index (χ1v) is 11.6. The number of hydrogen-bond donors (Lipinski definition) is 3. The van der Waals surface area contributed by atoms with E-state index in [-0.39, 0.29) is 24.4 Å². The second kappa shape index (κ2) is 11.2. The van der Waals surface area contributed by atoms with E-state index in [1.807, 2.05) is 56.3 Å². The van der Waals surface area contributed by atoms with Crippen molar-refractivity contribution in [1.29, 1.82) is 0 Å². The van der Waals surface area contributed by atoms with Crippen LogP contribution in [0.15, 0.2) is 42.5 Å². The van der Waals surface area contributed by atoms with Crippen molar-refractivity contribution >= 4 is 29.1 Å². The summed E-state index contributed by atoms with van der Waals surface area (Å²) in [5.74, 6) is -0.581. The van der Waals surface area contributed by atoms with Gasteiger partial charge >= 0.3 is 12.0 Å². The Morgan fingerprint density at radius 2 is 1.88 bits per heavy atom. The van der Waals surface area contributed by atoms with E-state index >= 15 is 0 Å². The zero-order valence-corrected chi connectivity index (χ0v) is 19.9. The Labute approximate surface area is 196 Å². The Hall–Kier alpha value is -3.06. The number of rotatable bonds is 8. The summed E-state index contributed by atoms with van der Waals surface area (Å²) in [6.45, 7) is 10.3. The molecule has 0 aliphatic carbocycles. The minimum absolute atomic E-state index is 0.0526. The number of aryl methyl sites for hydroxylation is 1. The highest BCUT2D eigenvalue weighted by Crippen LogP contribution is 2.35. The Morgan fingerprint density at radius 1 is 1.15 bits per heavy atom. The number of nitrogens with one attached hydrogen (secondary N) is 2. The third-order valence-corrected chi connectivity index (χ3v) is 6.21. The number of carboxylic acid groups (broad SMARTS) is 1. The molecule has 33 heavy (non-hydrogen) atoms. The highest BCUT2D eigenvalue weighted by molar-refractivity contribution is 6.02. The van der Waals surface area contributed by atoms with Gasteiger partial charge in [0.15, 0.2) is 0 Å². The van der Waals surface area contributed by atoms with Gasteiger partial charge in [0.25, 0.3) is 0 Å². The summed E-state index contributed by atoms with van der Waals surface area (Å²) in [6, 6.07) is 13.4. The Morgan fingerprint density at radius 3 is 2.52 bits per heavy atom. The molecule has 1 aliphatic heterocycles. The van der Waals surface area contributed by atoms with E-state index in [1.165, 1.54) is 0 Å². The summed E-state index contributed by atoms with van der Waals surface area (Å²) >= 11 is 0. The number of aliphatic carboxylic acids is 1. The molecule has 0 aromatic heterocycles.